The first-order valence-corrected chi connectivity index (χ1v) is 5.99. The Morgan fingerprint density at radius 1 is 1.71 bits per heavy atom. The Hall–Kier alpha value is 0.0700. The fourth-order valence-corrected chi connectivity index (χ4v) is 1.93. The highest BCUT2D eigenvalue weighted by molar-refractivity contribution is 7.99. The number of nitrogens with two attached hydrogens (primary N) is 1. The maximum Gasteiger partial charge on any atom is 0.235 e. The van der Waals surface area contributed by atoms with Gasteiger partial charge in [0, 0.05) is 13.1 Å². The van der Waals surface area contributed by atoms with Crippen LogP contribution in [0.1, 0.15) is 13.3 Å². The average molecular weight is 239 g/mol. The number of hydrogen-bond acceptors (Lipinski definition) is 3. The third-order valence-corrected chi connectivity index (χ3v) is 3.54. The molecule has 0 spiro atoms. The number of amides is 1. The highest BCUT2D eigenvalue weighted by Crippen LogP contribution is 2.18. The van der Waals surface area contributed by atoms with E-state index in [-0.39, 0.29) is 23.6 Å². The van der Waals surface area contributed by atoms with E-state index in [0.717, 1.165) is 19.5 Å². The summed E-state index contributed by atoms with van der Waals surface area (Å²) in [4.78, 5) is 13.6. The summed E-state index contributed by atoms with van der Waals surface area (Å²) < 4.78 is 0. The molecular weight excluding hydrogens is 220 g/mol. The Labute approximate surface area is 96.2 Å². The second-order valence-electron chi connectivity index (χ2n) is 3.55. The number of likely N-dealkylation sites (tertiary alicyclic amines) is 1. The lowest BCUT2D eigenvalue weighted by Crippen LogP contribution is -2.35. The van der Waals surface area contributed by atoms with Gasteiger partial charge in [-0.2, -0.15) is 11.8 Å². The minimum absolute atomic E-state index is 0. The average Bonchev–Trinajstić information content (AvgIpc) is 2.63. The monoisotopic (exact) mass is 238 g/mol. The summed E-state index contributed by atoms with van der Waals surface area (Å²) in [5, 5.41) is 0.0940. The zero-order chi connectivity index (χ0) is 9.84. The molecule has 2 unspecified atom stereocenters. The lowest BCUT2D eigenvalue weighted by molar-refractivity contribution is -0.129. The van der Waals surface area contributed by atoms with Crippen molar-refractivity contribution in [3.63, 3.8) is 0 Å². The van der Waals surface area contributed by atoms with Crippen molar-refractivity contribution in [3.05, 3.63) is 0 Å². The molecule has 0 bridgehead atoms. The summed E-state index contributed by atoms with van der Waals surface area (Å²) in [5.41, 5.74) is 5.56. The van der Waals surface area contributed by atoms with Crippen LogP contribution in [0, 0.1) is 5.92 Å². The number of hydrogen-bond donors (Lipinski definition) is 1. The van der Waals surface area contributed by atoms with Gasteiger partial charge in [0.15, 0.2) is 0 Å². The van der Waals surface area contributed by atoms with Crippen molar-refractivity contribution in [1.29, 1.82) is 0 Å². The highest BCUT2D eigenvalue weighted by Gasteiger charge is 2.27. The van der Waals surface area contributed by atoms with E-state index in [1.807, 2.05) is 18.1 Å². The van der Waals surface area contributed by atoms with Gasteiger partial charge < -0.3 is 10.6 Å². The van der Waals surface area contributed by atoms with Crippen molar-refractivity contribution >= 4 is 30.1 Å². The zero-order valence-corrected chi connectivity index (χ0v) is 10.4. The molecule has 3 nitrogen and oxygen atoms in total. The second kappa shape index (κ2) is 6.53. The van der Waals surface area contributed by atoms with E-state index in [9.17, 15) is 4.79 Å². The van der Waals surface area contributed by atoms with Crippen LogP contribution < -0.4 is 5.73 Å². The lowest BCUT2D eigenvalue weighted by atomic mass is 10.1. The SMILES string of the molecule is CSC(C)C(=O)N1CCC(CN)C1.Cl. The summed E-state index contributed by atoms with van der Waals surface area (Å²) in [7, 11) is 0. The second-order valence-corrected chi connectivity index (χ2v) is 4.73. The van der Waals surface area contributed by atoms with Gasteiger partial charge in [0.2, 0.25) is 5.91 Å². The van der Waals surface area contributed by atoms with Crippen LogP contribution in [0.4, 0.5) is 0 Å². The summed E-state index contributed by atoms with van der Waals surface area (Å²) in [6.07, 6.45) is 3.04. The van der Waals surface area contributed by atoms with Crippen LogP contribution in [-0.4, -0.2) is 41.9 Å². The molecule has 0 aromatic carbocycles. The normalized spacial score (nSPS) is 23.1. The first-order chi connectivity index (χ1) is 6.19. The van der Waals surface area contributed by atoms with Crippen LogP contribution in [0.2, 0.25) is 0 Å². The third kappa shape index (κ3) is 3.33. The molecule has 1 amide bonds. The molecule has 1 rings (SSSR count). The maximum atomic E-state index is 11.7. The van der Waals surface area contributed by atoms with E-state index < -0.39 is 0 Å². The minimum Gasteiger partial charge on any atom is -0.341 e. The molecule has 0 aliphatic carbocycles. The van der Waals surface area contributed by atoms with Gasteiger partial charge >= 0.3 is 0 Å². The van der Waals surface area contributed by atoms with Crippen LogP contribution in [0.15, 0.2) is 0 Å². The molecule has 1 aliphatic heterocycles. The summed E-state index contributed by atoms with van der Waals surface area (Å²) >= 11 is 1.61. The number of rotatable bonds is 3. The molecule has 2 atom stereocenters. The predicted octanol–water partition coefficient (Wildman–Crippen LogP) is 0.967. The van der Waals surface area contributed by atoms with Crippen LogP contribution in [0.3, 0.4) is 0 Å². The van der Waals surface area contributed by atoms with Crippen LogP contribution >= 0.6 is 24.2 Å². The molecular formula is C9H19ClN2OS. The van der Waals surface area contributed by atoms with Gasteiger partial charge in [-0.1, -0.05) is 0 Å². The van der Waals surface area contributed by atoms with Gasteiger partial charge in [-0.15, -0.1) is 12.4 Å². The lowest BCUT2D eigenvalue weighted by Gasteiger charge is -2.19. The molecule has 2 N–H and O–H groups in total. The van der Waals surface area contributed by atoms with Gasteiger partial charge in [-0.05, 0) is 32.1 Å². The van der Waals surface area contributed by atoms with Gasteiger partial charge in [0.1, 0.15) is 0 Å². The minimum atomic E-state index is 0. The van der Waals surface area contributed by atoms with E-state index in [1.165, 1.54) is 0 Å². The predicted molar refractivity (Wildman–Crippen MR) is 64.0 cm³/mol. The molecule has 14 heavy (non-hydrogen) atoms. The van der Waals surface area contributed by atoms with Crippen LogP contribution in [-0.2, 0) is 4.79 Å². The number of thioether (sulfide) groups is 1. The summed E-state index contributed by atoms with van der Waals surface area (Å²) in [6, 6.07) is 0. The number of carbonyl (C=O) groups excluding carboxylic acids is 1. The van der Waals surface area contributed by atoms with Crippen LogP contribution in [0.25, 0.3) is 0 Å². The number of carbonyl (C=O) groups is 1. The molecule has 1 fully saturated rings. The van der Waals surface area contributed by atoms with Gasteiger partial charge in [-0.25, -0.2) is 0 Å². The molecule has 84 valence electrons. The van der Waals surface area contributed by atoms with Crippen molar-refractivity contribution < 1.29 is 4.79 Å². The Bertz CT molecular complexity index is 192. The highest BCUT2D eigenvalue weighted by atomic mass is 35.5. The van der Waals surface area contributed by atoms with Gasteiger partial charge in [0.25, 0.3) is 0 Å². The quantitative estimate of drug-likeness (QED) is 0.797. The zero-order valence-electron chi connectivity index (χ0n) is 8.73. The molecule has 1 aliphatic rings. The van der Waals surface area contributed by atoms with Crippen molar-refractivity contribution in [2.24, 2.45) is 11.7 Å². The Morgan fingerprint density at radius 2 is 2.36 bits per heavy atom. The molecule has 5 heteroatoms. The maximum absolute atomic E-state index is 11.7. The molecule has 1 heterocycles. The largest absolute Gasteiger partial charge is 0.341 e. The fraction of sp³-hybridized carbons (Fsp3) is 0.889. The van der Waals surface area contributed by atoms with Crippen LogP contribution in [0.5, 0.6) is 0 Å². The number of nitrogens with zero attached hydrogens (tertiary/aromatic N) is 1. The van der Waals surface area contributed by atoms with E-state index in [1.54, 1.807) is 11.8 Å². The van der Waals surface area contributed by atoms with E-state index >= 15 is 0 Å². The first-order valence-electron chi connectivity index (χ1n) is 4.70. The molecule has 0 aromatic heterocycles. The van der Waals surface area contributed by atoms with Gasteiger partial charge in [0.05, 0.1) is 5.25 Å². The van der Waals surface area contributed by atoms with Crippen molar-refractivity contribution in [3.8, 4) is 0 Å². The van der Waals surface area contributed by atoms with Gasteiger partial charge in [-0.3, -0.25) is 4.79 Å². The standard InChI is InChI=1S/C9H18N2OS.ClH/c1-7(13-2)9(12)11-4-3-8(5-10)6-11;/h7-8H,3-6,10H2,1-2H3;1H. The van der Waals surface area contributed by atoms with Crippen molar-refractivity contribution in [1.82, 2.24) is 4.90 Å². The molecule has 0 aromatic rings. The molecule has 0 saturated carbocycles. The first kappa shape index (κ1) is 14.1. The van der Waals surface area contributed by atoms with E-state index in [2.05, 4.69) is 0 Å². The van der Waals surface area contributed by atoms with E-state index in [4.69, 9.17) is 5.73 Å². The Kier molecular flexibility index (Phi) is 6.57. The topological polar surface area (TPSA) is 46.3 Å². The smallest absolute Gasteiger partial charge is 0.235 e. The molecule has 1 saturated heterocycles. The summed E-state index contributed by atoms with van der Waals surface area (Å²) in [5.74, 6) is 0.793. The molecule has 0 radical (unpaired) electrons. The third-order valence-electron chi connectivity index (χ3n) is 2.63. The van der Waals surface area contributed by atoms with Crippen molar-refractivity contribution in [2.75, 3.05) is 25.9 Å². The van der Waals surface area contributed by atoms with Crippen molar-refractivity contribution in [2.45, 2.75) is 18.6 Å². The summed E-state index contributed by atoms with van der Waals surface area (Å²) in [6.45, 7) is 4.42. The Balaban J connectivity index is 0.00000169. The van der Waals surface area contributed by atoms with E-state index in [0.29, 0.717) is 12.5 Å². The number of halogens is 1. The fourth-order valence-electron chi connectivity index (χ4n) is 1.58. The Morgan fingerprint density at radius 3 is 2.79 bits per heavy atom.